The van der Waals surface area contributed by atoms with Gasteiger partial charge in [0.05, 0.1) is 17.9 Å². The van der Waals surface area contributed by atoms with Crippen molar-refractivity contribution in [1.82, 2.24) is 20.1 Å². The molecule has 170 valence electrons. The molecule has 1 aromatic heterocycles. The molecule has 0 unspecified atom stereocenters. The quantitative estimate of drug-likeness (QED) is 0.310. The summed E-state index contributed by atoms with van der Waals surface area (Å²) in [6.45, 7) is 6.29. The van der Waals surface area contributed by atoms with E-state index in [1.807, 2.05) is 19.1 Å². The Kier molecular flexibility index (Phi) is 7.98. The molecule has 0 radical (unpaired) electrons. The number of amides is 2. The number of anilines is 1. The van der Waals surface area contributed by atoms with Crippen LogP contribution in [0.3, 0.4) is 0 Å². The Labute approximate surface area is 194 Å². The van der Waals surface area contributed by atoms with Gasteiger partial charge in [0.1, 0.15) is 0 Å². The van der Waals surface area contributed by atoms with Crippen LogP contribution in [0.1, 0.15) is 32.1 Å². The summed E-state index contributed by atoms with van der Waals surface area (Å²) < 4.78 is 1.78. The molecule has 2 aromatic carbocycles. The van der Waals surface area contributed by atoms with E-state index in [1.165, 1.54) is 36.0 Å². The van der Waals surface area contributed by atoms with Gasteiger partial charge < -0.3 is 20.3 Å². The van der Waals surface area contributed by atoms with E-state index in [9.17, 15) is 14.4 Å². The van der Waals surface area contributed by atoms with Crippen LogP contribution in [0.5, 0.6) is 0 Å². The smallest absolute Gasteiger partial charge is 0.335 e. The SMILES string of the molecule is C=CCn1c(CNC(=O)c2ccc(C)cc2)nnc1SCC(=O)Nc1ccc(C(=O)O)cc1. The monoisotopic (exact) mass is 465 g/mol. The van der Waals surface area contributed by atoms with Gasteiger partial charge >= 0.3 is 5.97 Å². The summed E-state index contributed by atoms with van der Waals surface area (Å²) in [5, 5.41) is 23.3. The van der Waals surface area contributed by atoms with Gasteiger partial charge in [-0.3, -0.25) is 9.59 Å². The van der Waals surface area contributed by atoms with Gasteiger partial charge in [-0.05, 0) is 43.3 Å². The molecule has 0 bridgehead atoms. The van der Waals surface area contributed by atoms with Gasteiger partial charge in [-0.25, -0.2) is 4.79 Å². The van der Waals surface area contributed by atoms with Crippen LogP contribution in [-0.4, -0.2) is 43.4 Å². The number of aromatic nitrogens is 3. The average molecular weight is 466 g/mol. The van der Waals surface area contributed by atoms with Crippen LogP contribution in [0.15, 0.2) is 66.3 Å². The number of hydrogen-bond donors (Lipinski definition) is 3. The van der Waals surface area contributed by atoms with Gasteiger partial charge in [0.25, 0.3) is 5.91 Å². The fourth-order valence-corrected chi connectivity index (χ4v) is 3.63. The van der Waals surface area contributed by atoms with Gasteiger partial charge in [-0.2, -0.15) is 0 Å². The van der Waals surface area contributed by atoms with Crippen molar-refractivity contribution in [2.45, 2.75) is 25.2 Å². The summed E-state index contributed by atoms with van der Waals surface area (Å²) in [5.74, 6) is -0.902. The molecule has 9 nitrogen and oxygen atoms in total. The molecule has 0 fully saturated rings. The molecule has 33 heavy (non-hydrogen) atoms. The summed E-state index contributed by atoms with van der Waals surface area (Å²) in [6.07, 6.45) is 1.68. The zero-order chi connectivity index (χ0) is 23.8. The van der Waals surface area contributed by atoms with Crippen LogP contribution in [0.4, 0.5) is 5.69 Å². The van der Waals surface area contributed by atoms with E-state index < -0.39 is 5.97 Å². The topological polar surface area (TPSA) is 126 Å². The second kappa shape index (κ2) is 11.1. The number of allylic oxidation sites excluding steroid dienone is 1. The van der Waals surface area contributed by atoms with Crippen molar-refractivity contribution in [3.05, 3.63) is 83.7 Å². The highest BCUT2D eigenvalue weighted by atomic mass is 32.2. The van der Waals surface area contributed by atoms with Crippen LogP contribution >= 0.6 is 11.8 Å². The second-order valence-corrected chi connectivity index (χ2v) is 8.01. The van der Waals surface area contributed by atoms with Crippen molar-refractivity contribution in [3.8, 4) is 0 Å². The maximum Gasteiger partial charge on any atom is 0.335 e. The third-order valence-corrected chi connectivity index (χ3v) is 5.54. The minimum Gasteiger partial charge on any atom is -0.478 e. The van der Waals surface area contributed by atoms with E-state index in [0.717, 1.165) is 5.56 Å². The Morgan fingerprint density at radius 2 is 1.73 bits per heavy atom. The van der Waals surface area contributed by atoms with Crippen molar-refractivity contribution in [2.75, 3.05) is 11.1 Å². The third-order valence-electron chi connectivity index (χ3n) is 4.57. The lowest BCUT2D eigenvalue weighted by Crippen LogP contribution is -2.24. The number of rotatable bonds is 10. The second-order valence-electron chi connectivity index (χ2n) is 7.07. The molecule has 0 aliphatic rings. The van der Waals surface area contributed by atoms with Crippen LogP contribution in [0.25, 0.3) is 0 Å². The molecule has 0 atom stereocenters. The molecule has 3 N–H and O–H groups in total. The van der Waals surface area contributed by atoms with Crippen LogP contribution < -0.4 is 10.6 Å². The number of benzene rings is 2. The highest BCUT2D eigenvalue weighted by Gasteiger charge is 2.15. The Hall–Kier alpha value is -3.92. The summed E-state index contributed by atoms with van der Waals surface area (Å²) in [4.78, 5) is 35.6. The number of carbonyl (C=O) groups excluding carboxylic acids is 2. The standard InChI is InChI=1S/C23H23N5O4S/c1-3-12-28-19(13-24-21(30)16-6-4-15(2)5-7-16)26-27-23(28)33-14-20(29)25-18-10-8-17(9-11-18)22(31)32/h3-11H,1,12-14H2,2H3,(H,24,30)(H,25,29)(H,31,32). The number of thioether (sulfide) groups is 1. The minimum atomic E-state index is -1.03. The molecule has 1 heterocycles. The molecule has 0 saturated carbocycles. The number of hydrogen-bond acceptors (Lipinski definition) is 6. The highest BCUT2D eigenvalue weighted by molar-refractivity contribution is 7.99. The Morgan fingerprint density at radius 1 is 1.06 bits per heavy atom. The minimum absolute atomic E-state index is 0.0751. The molecule has 3 aromatic rings. The number of carboxylic acids is 1. The molecule has 0 saturated heterocycles. The first-order chi connectivity index (χ1) is 15.9. The maximum absolute atomic E-state index is 12.4. The van der Waals surface area contributed by atoms with Gasteiger partial charge in [0, 0.05) is 17.8 Å². The molecular formula is C23H23N5O4S. The first kappa shape index (κ1) is 23.7. The molecule has 0 aliphatic carbocycles. The van der Waals surface area contributed by atoms with E-state index in [-0.39, 0.29) is 29.7 Å². The Morgan fingerprint density at radius 3 is 2.36 bits per heavy atom. The third kappa shape index (κ3) is 6.53. The normalized spacial score (nSPS) is 10.5. The van der Waals surface area contributed by atoms with Gasteiger partial charge in [-0.15, -0.1) is 16.8 Å². The van der Waals surface area contributed by atoms with E-state index in [4.69, 9.17) is 5.11 Å². The maximum atomic E-state index is 12.4. The number of nitrogens with zero attached hydrogens (tertiary/aromatic N) is 3. The number of carbonyl (C=O) groups is 3. The Balaban J connectivity index is 1.58. The van der Waals surface area contributed by atoms with E-state index in [1.54, 1.807) is 22.8 Å². The summed E-state index contributed by atoms with van der Waals surface area (Å²) in [5.41, 5.74) is 2.26. The first-order valence-corrected chi connectivity index (χ1v) is 11.0. The number of nitrogens with one attached hydrogen (secondary N) is 2. The highest BCUT2D eigenvalue weighted by Crippen LogP contribution is 2.18. The molecule has 0 spiro atoms. The van der Waals surface area contributed by atoms with Crippen LogP contribution in [0, 0.1) is 6.92 Å². The van der Waals surface area contributed by atoms with E-state index in [0.29, 0.717) is 28.8 Å². The molecule has 10 heteroatoms. The number of carboxylic acid groups (broad SMARTS) is 1. The van der Waals surface area contributed by atoms with Crippen molar-refractivity contribution in [1.29, 1.82) is 0 Å². The molecule has 0 aliphatic heterocycles. The summed E-state index contributed by atoms with van der Waals surface area (Å²) in [7, 11) is 0. The fourth-order valence-electron chi connectivity index (χ4n) is 2.86. The average Bonchev–Trinajstić information content (AvgIpc) is 3.18. The number of aryl methyl sites for hydroxylation is 1. The predicted octanol–water partition coefficient (Wildman–Crippen LogP) is 3.13. The summed E-state index contributed by atoms with van der Waals surface area (Å²) >= 11 is 1.20. The van der Waals surface area contributed by atoms with E-state index >= 15 is 0 Å². The van der Waals surface area contributed by atoms with Crippen molar-refractivity contribution in [3.63, 3.8) is 0 Å². The molecule has 3 rings (SSSR count). The fraction of sp³-hybridized carbons (Fsp3) is 0.174. The lowest BCUT2D eigenvalue weighted by atomic mass is 10.1. The van der Waals surface area contributed by atoms with Crippen molar-refractivity contribution >= 4 is 35.2 Å². The first-order valence-electron chi connectivity index (χ1n) is 10.0. The van der Waals surface area contributed by atoms with Crippen LogP contribution in [0.2, 0.25) is 0 Å². The van der Waals surface area contributed by atoms with Crippen molar-refractivity contribution in [2.24, 2.45) is 0 Å². The summed E-state index contributed by atoms with van der Waals surface area (Å²) in [6, 6.07) is 13.2. The van der Waals surface area contributed by atoms with Gasteiger partial charge in [-0.1, -0.05) is 35.5 Å². The lowest BCUT2D eigenvalue weighted by molar-refractivity contribution is -0.113. The molecular weight excluding hydrogens is 442 g/mol. The predicted molar refractivity (Wildman–Crippen MR) is 125 cm³/mol. The molecule has 2 amide bonds. The number of aromatic carboxylic acids is 1. The largest absolute Gasteiger partial charge is 0.478 e. The Bertz CT molecular complexity index is 1160. The lowest BCUT2D eigenvalue weighted by Gasteiger charge is -2.09. The van der Waals surface area contributed by atoms with E-state index in [2.05, 4.69) is 27.4 Å². The van der Waals surface area contributed by atoms with Crippen LogP contribution in [-0.2, 0) is 17.9 Å². The van der Waals surface area contributed by atoms with Gasteiger partial charge in [0.2, 0.25) is 5.91 Å². The van der Waals surface area contributed by atoms with Crippen molar-refractivity contribution < 1.29 is 19.5 Å². The van der Waals surface area contributed by atoms with Gasteiger partial charge in [0.15, 0.2) is 11.0 Å². The zero-order valence-corrected chi connectivity index (χ0v) is 18.8. The zero-order valence-electron chi connectivity index (χ0n) is 17.9.